The molecule has 1 aromatic heterocycles. The minimum Gasteiger partial charge on any atom is -0.336 e. The summed E-state index contributed by atoms with van der Waals surface area (Å²) < 4.78 is 30.9. The van der Waals surface area contributed by atoms with Gasteiger partial charge in [0.05, 0.1) is 10.4 Å². The summed E-state index contributed by atoms with van der Waals surface area (Å²) in [6.07, 6.45) is 1.79. The number of hydrogen-bond donors (Lipinski definition) is 1. The van der Waals surface area contributed by atoms with Gasteiger partial charge in [0.15, 0.2) is 11.6 Å². The fourth-order valence-corrected chi connectivity index (χ4v) is 5.25. The molecule has 4 aromatic rings. The van der Waals surface area contributed by atoms with E-state index in [1.54, 1.807) is 12.3 Å². The lowest BCUT2D eigenvalue weighted by Gasteiger charge is -2.35. The van der Waals surface area contributed by atoms with Crippen molar-refractivity contribution >= 4 is 34.4 Å². The van der Waals surface area contributed by atoms with E-state index in [9.17, 15) is 13.6 Å². The molecule has 1 saturated heterocycles. The van der Waals surface area contributed by atoms with Gasteiger partial charge in [0.2, 0.25) is 0 Å². The van der Waals surface area contributed by atoms with Crippen LogP contribution in [0.4, 0.5) is 14.5 Å². The van der Waals surface area contributed by atoms with E-state index in [4.69, 9.17) is 0 Å². The topological polar surface area (TPSA) is 48.5 Å². The van der Waals surface area contributed by atoms with Crippen molar-refractivity contribution in [2.24, 2.45) is 0 Å². The smallest absolute Gasteiger partial charge is 0.253 e. The van der Waals surface area contributed by atoms with Crippen molar-refractivity contribution in [2.75, 3.05) is 30.9 Å². The summed E-state index contributed by atoms with van der Waals surface area (Å²) in [4.78, 5) is 22.5. The van der Waals surface area contributed by atoms with Crippen molar-refractivity contribution in [3.05, 3.63) is 101 Å². The maximum Gasteiger partial charge on any atom is 0.253 e. The number of benzene rings is 3. The second-order valence-electron chi connectivity index (χ2n) is 8.85. The Hall–Kier alpha value is -3.49. The molecule has 184 valence electrons. The highest BCUT2D eigenvalue weighted by Gasteiger charge is 2.23. The summed E-state index contributed by atoms with van der Waals surface area (Å²) in [6, 6.07) is 20.0. The number of carbonyl (C=O) groups is 1. The molecule has 0 spiro atoms. The molecular weight excluding hydrogens is 478 g/mol. The maximum absolute atomic E-state index is 14.0. The molecule has 1 aliphatic rings. The summed E-state index contributed by atoms with van der Waals surface area (Å²) in [6.45, 7) is 4.60. The third-order valence-electron chi connectivity index (χ3n) is 6.43. The Balaban J connectivity index is 1.19. The van der Waals surface area contributed by atoms with Gasteiger partial charge in [-0.25, -0.2) is 8.78 Å². The molecule has 0 atom stereocenters. The van der Waals surface area contributed by atoms with Crippen LogP contribution < -0.4 is 4.72 Å². The molecule has 8 heteroatoms. The Morgan fingerprint density at radius 3 is 2.58 bits per heavy atom. The number of rotatable bonds is 6. The number of para-hydroxylation sites is 1. The Kier molecular flexibility index (Phi) is 7.16. The number of carbonyl (C=O) groups excluding carboxylic acids is 1. The summed E-state index contributed by atoms with van der Waals surface area (Å²) in [7, 11) is 0. The monoisotopic (exact) mass is 504 g/mol. The van der Waals surface area contributed by atoms with Crippen LogP contribution in [0.2, 0.25) is 0 Å². The standard InChI is InChI=1S/C28H26F2N4OS/c1-19-17-21(10-11-24(19)32-36-25-9-3-5-20-7-4-12-31-27(20)25)28(35)34-15-13-33(14-16-34)18-22-6-2-8-23(29)26(22)30/h2-12,17,32H,13-16,18H2,1H3. The first-order valence-electron chi connectivity index (χ1n) is 11.8. The molecular formula is C28H26F2N4OS. The second-order valence-corrected chi connectivity index (χ2v) is 9.69. The predicted molar refractivity (Wildman–Crippen MR) is 140 cm³/mol. The van der Waals surface area contributed by atoms with E-state index >= 15 is 0 Å². The molecule has 1 aliphatic heterocycles. The van der Waals surface area contributed by atoms with Crippen molar-refractivity contribution in [3.63, 3.8) is 0 Å². The van der Waals surface area contributed by atoms with Crippen LogP contribution in [-0.2, 0) is 6.54 Å². The highest BCUT2D eigenvalue weighted by molar-refractivity contribution is 8.00. The van der Waals surface area contributed by atoms with Gasteiger partial charge in [-0.05, 0) is 60.8 Å². The van der Waals surface area contributed by atoms with Gasteiger partial charge in [-0.1, -0.05) is 30.3 Å². The van der Waals surface area contributed by atoms with E-state index in [0.29, 0.717) is 43.9 Å². The maximum atomic E-state index is 14.0. The average molecular weight is 505 g/mol. The van der Waals surface area contributed by atoms with Crippen LogP contribution in [0.3, 0.4) is 0 Å². The number of nitrogens with zero attached hydrogens (tertiary/aromatic N) is 3. The van der Waals surface area contributed by atoms with Gasteiger partial charge in [0, 0.05) is 61.1 Å². The first kappa shape index (κ1) is 24.2. The van der Waals surface area contributed by atoms with E-state index in [0.717, 1.165) is 33.1 Å². The van der Waals surface area contributed by atoms with Crippen LogP contribution in [0.15, 0.2) is 77.8 Å². The van der Waals surface area contributed by atoms with Crippen LogP contribution in [0, 0.1) is 18.6 Å². The van der Waals surface area contributed by atoms with Gasteiger partial charge in [0.25, 0.3) is 5.91 Å². The molecule has 5 nitrogen and oxygen atoms in total. The number of hydrogen-bond acceptors (Lipinski definition) is 5. The van der Waals surface area contributed by atoms with Crippen LogP contribution in [-0.4, -0.2) is 46.9 Å². The molecule has 3 aromatic carbocycles. The third-order valence-corrected chi connectivity index (χ3v) is 7.30. The van der Waals surface area contributed by atoms with E-state index < -0.39 is 11.6 Å². The molecule has 0 bridgehead atoms. The summed E-state index contributed by atoms with van der Waals surface area (Å²) >= 11 is 1.50. The largest absolute Gasteiger partial charge is 0.336 e. The third kappa shape index (κ3) is 5.20. The average Bonchev–Trinajstić information content (AvgIpc) is 2.90. The van der Waals surface area contributed by atoms with E-state index in [-0.39, 0.29) is 5.91 Å². The molecule has 0 saturated carbocycles. The van der Waals surface area contributed by atoms with Gasteiger partial charge in [0.1, 0.15) is 0 Å². The van der Waals surface area contributed by atoms with Gasteiger partial charge in [-0.2, -0.15) is 0 Å². The number of amides is 1. The summed E-state index contributed by atoms with van der Waals surface area (Å²) in [5.74, 6) is -1.65. The minimum absolute atomic E-state index is 0.0212. The van der Waals surface area contributed by atoms with Gasteiger partial charge in [-0.15, -0.1) is 0 Å². The number of nitrogens with one attached hydrogen (secondary N) is 1. The Labute approximate surface area is 213 Å². The predicted octanol–water partition coefficient (Wildman–Crippen LogP) is 5.90. The second kappa shape index (κ2) is 10.6. The van der Waals surface area contributed by atoms with Crippen LogP contribution in [0.5, 0.6) is 0 Å². The Morgan fingerprint density at radius 1 is 1.00 bits per heavy atom. The molecule has 1 fully saturated rings. The highest BCUT2D eigenvalue weighted by atomic mass is 32.2. The van der Waals surface area contributed by atoms with E-state index in [1.807, 2.05) is 65.3 Å². The lowest BCUT2D eigenvalue weighted by atomic mass is 10.1. The van der Waals surface area contributed by atoms with Crippen molar-refractivity contribution in [1.29, 1.82) is 0 Å². The lowest BCUT2D eigenvalue weighted by molar-refractivity contribution is 0.0627. The zero-order valence-electron chi connectivity index (χ0n) is 19.9. The molecule has 0 unspecified atom stereocenters. The molecule has 5 rings (SSSR count). The fourth-order valence-electron chi connectivity index (χ4n) is 4.38. The van der Waals surface area contributed by atoms with Gasteiger partial charge < -0.3 is 9.62 Å². The zero-order valence-corrected chi connectivity index (χ0v) is 20.7. The number of aromatic nitrogens is 1. The highest BCUT2D eigenvalue weighted by Crippen LogP contribution is 2.29. The van der Waals surface area contributed by atoms with Crippen molar-refractivity contribution in [2.45, 2.75) is 18.4 Å². The summed E-state index contributed by atoms with van der Waals surface area (Å²) in [5, 5.41) is 1.09. The van der Waals surface area contributed by atoms with Gasteiger partial charge >= 0.3 is 0 Å². The number of halogens is 2. The van der Waals surface area contributed by atoms with Gasteiger partial charge in [-0.3, -0.25) is 14.7 Å². The van der Waals surface area contributed by atoms with Crippen molar-refractivity contribution in [1.82, 2.24) is 14.8 Å². The lowest BCUT2D eigenvalue weighted by Crippen LogP contribution is -2.48. The quantitative estimate of drug-likeness (QED) is 0.332. The zero-order chi connectivity index (χ0) is 25.1. The molecule has 36 heavy (non-hydrogen) atoms. The normalized spacial score (nSPS) is 14.2. The number of piperazine rings is 1. The minimum atomic E-state index is -0.832. The Bertz CT molecular complexity index is 1400. The van der Waals surface area contributed by atoms with Crippen LogP contribution >= 0.6 is 11.9 Å². The van der Waals surface area contributed by atoms with E-state index in [1.165, 1.54) is 18.0 Å². The van der Waals surface area contributed by atoms with E-state index in [2.05, 4.69) is 9.71 Å². The number of aryl methyl sites for hydroxylation is 1. The molecule has 0 radical (unpaired) electrons. The molecule has 1 N–H and O–H groups in total. The fraction of sp³-hybridized carbons (Fsp3) is 0.214. The SMILES string of the molecule is Cc1cc(C(=O)N2CCN(Cc3cccc(F)c3F)CC2)ccc1NSc1cccc2cccnc12. The van der Waals surface area contributed by atoms with Crippen molar-refractivity contribution < 1.29 is 13.6 Å². The number of fused-ring (bicyclic) bond motifs is 1. The number of pyridine rings is 1. The molecule has 0 aliphatic carbocycles. The molecule has 1 amide bonds. The first-order valence-corrected chi connectivity index (χ1v) is 12.6. The summed E-state index contributed by atoms with van der Waals surface area (Å²) in [5.41, 5.74) is 3.83. The van der Waals surface area contributed by atoms with Crippen LogP contribution in [0.25, 0.3) is 10.9 Å². The first-order chi connectivity index (χ1) is 17.5. The number of anilines is 1. The molecule has 2 heterocycles. The Morgan fingerprint density at radius 2 is 1.78 bits per heavy atom. The van der Waals surface area contributed by atoms with Crippen LogP contribution in [0.1, 0.15) is 21.5 Å². The van der Waals surface area contributed by atoms with Crippen molar-refractivity contribution in [3.8, 4) is 0 Å².